The molecule has 3 nitrogen and oxygen atoms in total. The maximum Gasteiger partial charge on any atom is 0.150 e. The minimum absolute atomic E-state index is 0.155. The van der Waals surface area contributed by atoms with E-state index >= 15 is 0 Å². The first-order valence-electron chi connectivity index (χ1n) is 4.92. The summed E-state index contributed by atoms with van der Waals surface area (Å²) in [7, 11) is 0. The lowest BCUT2D eigenvalue weighted by molar-refractivity contribution is 0.266. The molecule has 1 aliphatic rings. The van der Waals surface area contributed by atoms with Gasteiger partial charge in [-0.05, 0) is 25.0 Å². The first-order valence-corrected chi connectivity index (χ1v) is 5.67. The van der Waals surface area contributed by atoms with Crippen LogP contribution in [-0.2, 0) is 0 Å². The van der Waals surface area contributed by atoms with E-state index in [0.717, 1.165) is 25.2 Å². The average molecular weight is 247 g/mol. The molecule has 0 bridgehead atoms. The summed E-state index contributed by atoms with van der Waals surface area (Å²) < 4.78 is 0. The van der Waals surface area contributed by atoms with Gasteiger partial charge in [-0.3, -0.25) is 0 Å². The smallest absolute Gasteiger partial charge is 0.150 e. The molecular formula is C10H12Cl2N2O. The van der Waals surface area contributed by atoms with Crippen LogP contribution < -0.4 is 4.90 Å². The van der Waals surface area contributed by atoms with Crippen LogP contribution in [0.15, 0.2) is 12.1 Å². The molecule has 5 heteroatoms. The van der Waals surface area contributed by atoms with Gasteiger partial charge in [-0.15, -0.1) is 0 Å². The van der Waals surface area contributed by atoms with Crippen molar-refractivity contribution >= 4 is 29.0 Å². The Morgan fingerprint density at radius 3 is 2.93 bits per heavy atom. The van der Waals surface area contributed by atoms with Gasteiger partial charge in [0.2, 0.25) is 0 Å². The number of aromatic nitrogens is 1. The van der Waals surface area contributed by atoms with E-state index in [1.807, 2.05) is 6.07 Å². The zero-order valence-corrected chi connectivity index (χ0v) is 9.67. The molecular weight excluding hydrogens is 235 g/mol. The van der Waals surface area contributed by atoms with Crippen LogP contribution in [0.25, 0.3) is 0 Å². The Hall–Kier alpha value is -0.510. The highest BCUT2D eigenvalue weighted by Crippen LogP contribution is 2.27. The summed E-state index contributed by atoms with van der Waals surface area (Å²) in [5.41, 5.74) is 0. The van der Waals surface area contributed by atoms with E-state index in [4.69, 9.17) is 23.2 Å². The number of pyridine rings is 1. The van der Waals surface area contributed by atoms with Crippen LogP contribution in [0.4, 0.5) is 5.82 Å². The van der Waals surface area contributed by atoms with Gasteiger partial charge in [0.25, 0.3) is 0 Å². The first-order chi connectivity index (χ1) is 7.22. The second-order valence-electron chi connectivity index (χ2n) is 3.61. The van der Waals surface area contributed by atoms with Crippen LogP contribution in [0, 0.1) is 0 Å². The predicted molar refractivity (Wildman–Crippen MR) is 61.7 cm³/mol. The number of nitrogens with zero attached hydrogens (tertiary/aromatic N) is 2. The van der Waals surface area contributed by atoms with Gasteiger partial charge >= 0.3 is 0 Å². The van der Waals surface area contributed by atoms with Crippen molar-refractivity contribution < 1.29 is 5.11 Å². The van der Waals surface area contributed by atoms with Crippen LogP contribution >= 0.6 is 23.2 Å². The summed E-state index contributed by atoms with van der Waals surface area (Å²) in [6, 6.07) is 3.73. The largest absolute Gasteiger partial charge is 0.394 e. The summed E-state index contributed by atoms with van der Waals surface area (Å²) in [5.74, 6) is 0.793. The van der Waals surface area contributed by atoms with Crippen molar-refractivity contribution in [3.63, 3.8) is 0 Å². The Labute approximate surface area is 98.6 Å². The van der Waals surface area contributed by atoms with Crippen LogP contribution in [0.3, 0.4) is 0 Å². The monoisotopic (exact) mass is 246 g/mol. The molecule has 15 heavy (non-hydrogen) atoms. The van der Waals surface area contributed by atoms with Crippen molar-refractivity contribution in [3.8, 4) is 0 Å². The van der Waals surface area contributed by atoms with E-state index in [-0.39, 0.29) is 12.6 Å². The van der Waals surface area contributed by atoms with Gasteiger partial charge in [0.15, 0.2) is 0 Å². The molecule has 2 heterocycles. The Bertz CT molecular complexity index is 359. The molecule has 1 saturated heterocycles. The zero-order valence-electron chi connectivity index (χ0n) is 8.16. The third-order valence-electron chi connectivity index (χ3n) is 2.67. The third kappa shape index (κ3) is 2.19. The minimum Gasteiger partial charge on any atom is -0.394 e. The number of halogens is 2. The molecule has 1 unspecified atom stereocenters. The predicted octanol–water partition coefficient (Wildman–Crippen LogP) is 2.35. The second kappa shape index (κ2) is 4.56. The van der Waals surface area contributed by atoms with Crippen LogP contribution in [0.5, 0.6) is 0 Å². The molecule has 82 valence electrons. The average Bonchev–Trinajstić information content (AvgIpc) is 2.70. The summed E-state index contributed by atoms with van der Waals surface area (Å²) in [4.78, 5) is 6.27. The summed E-state index contributed by atoms with van der Waals surface area (Å²) >= 11 is 11.6. The Kier molecular flexibility index (Phi) is 3.34. The normalized spacial score (nSPS) is 21.0. The Morgan fingerprint density at radius 2 is 2.27 bits per heavy atom. The molecule has 1 aromatic heterocycles. The highest BCUT2D eigenvalue weighted by molar-refractivity contribution is 6.41. The highest BCUT2D eigenvalue weighted by atomic mass is 35.5. The van der Waals surface area contributed by atoms with Crippen molar-refractivity contribution in [1.82, 2.24) is 4.98 Å². The van der Waals surface area contributed by atoms with Crippen molar-refractivity contribution in [2.24, 2.45) is 0 Å². The van der Waals surface area contributed by atoms with Gasteiger partial charge in [0.1, 0.15) is 11.0 Å². The molecule has 2 rings (SSSR count). The van der Waals surface area contributed by atoms with Gasteiger partial charge in [-0.1, -0.05) is 23.2 Å². The van der Waals surface area contributed by atoms with Gasteiger partial charge in [0.05, 0.1) is 17.7 Å². The summed E-state index contributed by atoms with van der Waals surface area (Å²) in [6.45, 7) is 1.07. The van der Waals surface area contributed by atoms with Crippen molar-refractivity contribution in [2.45, 2.75) is 18.9 Å². The SMILES string of the molecule is OCC1CCCN1c1ccc(Cl)c(Cl)n1. The summed E-state index contributed by atoms with van der Waals surface area (Å²) in [5, 5.41) is 9.97. The van der Waals surface area contributed by atoms with Crippen LogP contribution in [0.1, 0.15) is 12.8 Å². The lowest BCUT2D eigenvalue weighted by Crippen LogP contribution is -2.32. The molecule has 1 atom stereocenters. The number of hydrogen-bond donors (Lipinski definition) is 1. The topological polar surface area (TPSA) is 36.4 Å². The molecule has 0 saturated carbocycles. The van der Waals surface area contributed by atoms with Crippen molar-refractivity contribution in [3.05, 3.63) is 22.3 Å². The zero-order chi connectivity index (χ0) is 10.8. The fourth-order valence-corrected chi connectivity index (χ4v) is 2.15. The number of anilines is 1. The number of aliphatic hydroxyl groups is 1. The van der Waals surface area contributed by atoms with Crippen molar-refractivity contribution in [1.29, 1.82) is 0 Å². The Morgan fingerprint density at radius 1 is 1.47 bits per heavy atom. The lowest BCUT2D eigenvalue weighted by Gasteiger charge is -2.24. The van der Waals surface area contributed by atoms with E-state index in [9.17, 15) is 5.11 Å². The van der Waals surface area contributed by atoms with E-state index in [2.05, 4.69) is 9.88 Å². The molecule has 1 fully saturated rings. The minimum atomic E-state index is 0.155. The molecule has 1 aromatic rings. The molecule has 0 radical (unpaired) electrons. The van der Waals surface area contributed by atoms with E-state index in [1.54, 1.807) is 6.07 Å². The highest BCUT2D eigenvalue weighted by Gasteiger charge is 2.25. The number of aliphatic hydroxyl groups excluding tert-OH is 1. The van der Waals surface area contributed by atoms with E-state index < -0.39 is 0 Å². The number of rotatable bonds is 2. The van der Waals surface area contributed by atoms with Crippen LogP contribution in [-0.4, -0.2) is 29.3 Å². The second-order valence-corrected chi connectivity index (χ2v) is 4.38. The maximum atomic E-state index is 9.19. The fourth-order valence-electron chi connectivity index (χ4n) is 1.89. The molecule has 1 N–H and O–H groups in total. The third-order valence-corrected chi connectivity index (χ3v) is 3.36. The molecule has 0 spiro atoms. The fraction of sp³-hybridized carbons (Fsp3) is 0.500. The van der Waals surface area contributed by atoms with E-state index in [1.165, 1.54) is 0 Å². The van der Waals surface area contributed by atoms with Gasteiger partial charge in [-0.2, -0.15) is 0 Å². The maximum absolute atomic E-state index is 9.19. The lowest BCUT2D eigenvalue weighted by atomic mass is 10.2. The van der Waals surface area contributed by atoms with Crippen molar-refractivity contribution in [2.75, 3.05) is 18.1 Å². The Balaban J connectivity index is 2.25. The van der Waals surface area contributed by atoms with Crippen LogP contribution in [0.2, 0.25) is 10.2 Å². The molecule has 0 aromatic carbocycles. The quantitative estimate of drug-likeness (QED) is 0.815. The van der Waals surface area contributed by atoms with Gasteiger partial charge in [0, 0.05) is 6.54 Å². The van der Waals surface area contributed by atoms with E-state index in [0.29, 0.717) is 10.2 Å². The van der Waals surface area contributed by atoms with Gasteiger partial charge in [-0.25, -0.2) is 4.98 Å². The van der Waals surface area contributed by atoms with Gasteiger partial charge < -0.3 is 10.0 Å². The standard InChI is InChI=1S/C10H12Cl2N2O/c11-8-3-4-9(13-10(8)12)14-5-1-2-7(14)6-15/h3-4,7,15H,1-2,5-6H2. The number of hydrogen-bond acceptors (Lipinski definition) is 3. The molecule has 1 aliphatic heterocycles. The first kappa shape index (κ1) is 11.0. The molecule has 0 amide bonds. The summed E-state index contributed by atoms with van der Waals surface area (Å²) in [6.07, 6.45) is 2.07. The molecule has 0 aliphatic carbocycles.